The van der Waals surface area contributed by atoms with Gasteiger partial charge in [-0.2, -0.15) is 9.67 Å². The van der Waals surface area contributed by atoms with Crippen LogP contribution in [0, 0.1) is 0 Å². The first-order chi connectivity index (χ1) is 12.7. The van der Waals surface area contributed by atoms with Crippen molar-refractivity contribution in [3.63, 3.8) is 0 Å². The molecule has 8 heteroatoms. The third kappa shape index (κ3) is 3.20. The molecule has 0 radical (unpaired) electrons. The highest BCUT2D eigenvalue weighted by atomic mass is 16.1. The zero-order valence-electron chi connectivity index (χ0n) is 13.7. The van der Waals surface area contributed by atoms with E-state index in [4.69, 9.17) is 5.73 Å². The number of benzene rings is 2. The molecule has 26 heavy (non-hydrogen) atoms. The molecule has 1 amide bonds. The van der Waals surface area contributed by atoms with Crippen LogP contribution in [-0.2, 0) is 11.2 Å². The second kappa shape index (κ2) is 6.60. The summed E-state index contributed by atoms with van der Waals surface area (Å²) in [5.74, 6) is 0.0582. The summed E-state index contributed by atoms with van der Waals surface area (Å²) in [5.41, 5.74) is 8.84. The molecule has 0 atom stereocenters. The molecule has 0 bridgehead atoms. The molecular weight excluding hydrogens is 330 g/mol. The second-order valence-electron chi connectivity index (χ2n) is 5.71. The lowest BCUT2D eigenvalue weighted by molar-refractivity contribution is -0.117. The van der Waals surface area contributed by atoms with Crippen LogP contribution in [0.15, 0.2) is 60.8 Å². The monoisotopic (exact) mass is 345 g/mol. The maximum Gasteiger partial charge on any atom is 0.229 e. The van der Waals surface area contributed by atoms with Crippen LogP contribution < -0.4 is 11.1 Å². The molecule has 2 aromatic heterocycles. The number of nitrogens with zero attached hydrogens (tertiary/aromatic N) is 5. The molecule has 2 heterocycles. The summed E-state index contributed by atoms with van der Waals surface area (Å²) in [7, 11) is 0. The number of carbonyl (C=O) groups excluding carboxylic acids is 1. The van der Waals surface area contributed by atoms with Crippen molar-refractivity contribution in [2.24, 2.45) is 5.73 Å². The van der Waals surface area contributed by atoms with Crippen LogP contribution in [0.5, 0.6) is 0 Å². The number of amides is 1. The van der Waals surface area contributed by atoms with Crippen LogP contribution >= 0.6 is 0 Å². The molecule has 2 aromatic carbocycles. The van der Waals surface area contributed by atoms with Crippen LogP contribution in [0.1, 0.15) is 5.56 Å². The van der Waals surface area contributed by atoms with E-state index in [2.05, 4.69) is 25.6 Å². The first-order valence-corrected chi connectivity index (χ1v) is 7.97. The van der Waals surface area contributed by atoms with Gasteiger partial charge in [0.05, 0.1) is 18.3 Å². The van der Waals surface area contributed by atoms with E-state index in [0.29, 0.717) is 17.1 Å². The van der Waals surface area contributed by atoms with Crippen LogP contribution in [0.25, 0.3) is 16.9 Å². The lowest BCUT2D eigenvalue weighted by atomic mass is 10.1. The van der Waals surface area contributed by atoms with Crippen molar-refractivity contribution in [3.05, 3.63) is 66.4 Å². The zero-order valence-corrected chi connectivity index (χ0v) is 13.7. The van der Waals surface area contributed by atoms with Gasteiger partial charge in [0.25, 0.3) is 0 Å². The average molecular weight is 345 g/mol. The largest absolute Gasteiger partial charge is 0.369 e. The summed E-state index contributed by atoms with van der Waals surface area (Å²) in [6, 6.07) is 17.0. The summed E-state index contributed by atoms with van der Waals surface area (Å²) < 4.78 is 1.61. The first kappa shape index (κ1) is 15.7. The number of fused-ring (bicyclic) bond motifs is 1. The highest BCUT2D eigenvalue weighted by molar-refractivity contribution is 5.77. The maximum absolute atomic E-state index is 11.2. The SMILES string of the molecule is NC(=O)Cc1cccc(-n2nnc3cnc(Nc4ccccc4)nc32)c1. The van der Waals surface area contributed by atoms with Crippen molar-refractivity contribution < 1.29 is 4.79 Å². The van der Waals surface area contributed by atoms with Gasteiger partial charge in [0.1, 0.15) is 0 Å². The zero-order chi connectivity index (χ0) is 17.9. The summed E-state index contributed by atoms with van der Waals surface area (Å²) in [6.45, 7) is 0. The molecule has 3 N–H and O–H groups in total. The maximum atomic E-state index is 11.2. The van der Waals surface area contributed by atoms with Crippen LogP contribution in [0.3, 0.4) is 0 Å². The fraction of sp³-hybridized carbons (Fsp3) is 0.0556. The molecule has 0 fully saturated rings. The van der Waals surface area contributed by atoms with Crippen molar-refractivity contribution in [2.75, 3.05) is 5.32 Å². The summed E-state index contributed by atoms with van der Waals surface area (Å²) >= 11 is 0. The number of aromatic nitrogens is 5. The fourth-order valence-electron chi connectivity index (χ4n) is 2.61. The first-order valence-electron chi connectivity index (χ1n) is 7.97. The van der Waals surface area contributed by atoms with Gasteiger partial charge in [-0.1, -0.05) is 35.5 Å². The minimum Gasteiger partial charge on any atom is -0.369 e. The third-order valence-electron chi connectivity index (χ3n) is 3.76. The van der Waals surface area contributed by atoms with E-state index >= 15 is 0 Å². The van der Waals surface area contributed by atoms with Crippen molar-refractivity contribution in [1.82, 2.24) is 25.0 Å². The highest BCUT2D eigenvalue weighted by Gasteiger charge is 2.11. The number of primary amides is 1. The number of rotatable bonds is 5. The summed E-state index contributed by atoms with van der Waals surface area (Å²) in [5, 5.41) is 11.4. The number of hydrogen-bond donors (Lipinski definition) is 2. The Balaban J connectivity index is 1.72. The number of carbonyl (C=O) groups is 1. The van der Waals surface area contributed by atoms with E-state index in [1.165, 1.54) is 0 Å². The van der Waals surface area contributed by atoms with Crippen molar-refractivity contribution in [2.45, 2.75) is 6.42 Å². The molecule has 128 valence electrons. The van der Waals surface area contributed by atoms with Gasteiger partial charge in [0, 0.05) is 5.69 Å². The molecule has 0 spiro atoms. The van der Waals surface area contributed by atoms with Gasteiger partial charge in [0.15, 0.2) is 11.2 Å². The summed E-state index contributed by atoms with van der Waals surface area (Å²) in [6.07, 6.45) is 1.78. The van der Waals surface area contributed by atoms with Gasteiger partial charge in [-0.3, -0.25) is 4.79 Å². The molecule has 0 aliphatic rings. The van der Waals surface area contributed by atoms with E-state index in [1.54, 1.807) is 10.9 Å². The molecule has 4 aromatic rings. The molecular formula is C18H15N7O. The Kier molecular flexibility index (Phi) is 3.98. The Labute approximate surface area is 148 Å². The van der Waals surface area contributed by atoms with Gasteiger partial charge in [-0.15, -0.1) is 5.10 Å². The Morgan fingerprint density at radius 1 is 1.12 bits per heavy atom. The van der Waals surface area contributed by atoms with Crippen molar-refractivity contribution in [1.29, 1.82) is 0 Å². The van der Waals surface area contributed by atoms with Gasteiger partial charge in [0.2, 0.25) is 11.9 Å². The van der Waals surface area contributed by atoms with E-state index in [0.717, 1.165) is 16.9 Å². The number of para-hydroxylation sites is 1. The number of nitrogens with two attached hydrogens (primary N) is 1. The van der Waals surface area contributed by atoms with E-state index in [-0.39, 0.29) is 12.3 Å². The normalized spacial score (nSPS) is 10.8. The number of hydrogen-bond acceptors (Lipinski definition) is 6. The van der Waals surface area contributed by atoms with Gasteiger partial charge in [-0.05, 0) is 29.8 Å². The second-order valence-corrected chi connectivity index (χ2v) is 5.71. The van der Waals surface area contributed by atoms with Gasteiger partial charge < -0.3 is 11.1 Å². The molecule has 4 rings (SSSR count). The van der Waals surface area contributed by atoms with E-state index in [1.807, 2.05) is 54.6 Å². The smallest absolute Gasteiger partial charge is 0.229 e. The minimum absolute atomic E-state index is 0.163. The Morgan fingerprint density at radius 3 is 2.77 bits per heavy atom. The molecule has 0 saturated heterocycles. The number of nitrogens with one attached hydrogen (secondary N) is 1. The highest BCUT2D eigenvalue weighted by Crippen LogP contribution is 2.18. The third-order valence-corrected chi connectivity index (χ3v) is 3.76. The molecule has 8 nitrogen and oxygen atoms in total. The predicted molar refractivity (Wildman–Crippen MR) is 97.1 cm³/mol. The Morgan fingerprint density at radius 2 is 1.96 bits per heavy atom. The van der Waals surface area contributed by atoms with Crippen molar-refractivity contribution >= 4 is 28.7 Å². The van der Waals surface area contributed by atoms with E-state index in [9.17, 15) is 4.79 Å². The standard InChI is InChI=1S/C18H15N7O/c19-16(26)10-12-5-4-8-14(9-12)25-17-15(23-24-25)11-20-18(22-17)21-13-6-2-1-3-7-13/h1-9,11H,10H2,(H2,19,26)(H,20,21,22). The average Bonchev–Trinajstić information content (AvgIpc) is 3.05. The van der Waals surface area contributed by atoms with Gasteiger partial charge in [-0.25, -0.2) is 4.98 Å². The van der Waals surface area contributed by atoms with Gasteiger partial charge >= 0.3 is 0 Å². The van der Waals surface area contributed by atoms with Crippen LogP contribution in [0.2, 0.25) is 0 Å². The quantitative estimate of drug-likeness (QED) is 0.572. The molecule has 0 unspecified atom stereocenters. The lowest BCUT2D eigenvalue weighted by Gasteiger charge is -2.06. The van der Waals surface area contributed by atoms with Crippen molar-refractivity contribution in [3.8, 4) is 5.69 Å². The number of anilines is 2. The topological polar surface area (TPSA) is 112 Å². The molecule has 0 aliphatic heterocycles. The molecule has 0 saturated carbocycles. The lowest BCUT2D eigenvalue weighted by Crippen LogP contribution is -2.13. The van der Waals surface area contributed by atoms with Crippen LogP contribution in [-0.4, -0.2) is 30.9 Å². The predicted octanol–water partition coefficient (Wildman–Crippen LogP) is 1.98. The molecule has 0 aliphatic carbocycles. The fourth-order valence-corrected chi connectivity index (χ4v) is 2.61. The Hall–Kier alpha value is -3.81. The van der Waals surface area contributed by atoms with E-state index < -0.39 is 0 Å². The summed E-state index contributed by atoms with van der Waals surface area (Å²) in [4.78, 5) is 19.9. The minimum atomic E-state index is -0.387. The Bertz CT molecular complexity index is 1080. The van der Waals surface area contributed by atoms with Crippen LogP contribution in [0.4, 0.5) is 11.6 Å².